The quantitative estimate of drug-likeness (QED) is 0.0460. The van der Waals surface area contributed by atoms with Crippen LogP contribution >= 0.6 is 11.6 Å². The van der Waals surface area contributed by atoms with Crippen molar-refractivity contribution in [2.24, 2.45) is 10.2 Å². The lowest BCUT2D eigenvalue weighted by molar-refractivity contribution is -0.442. The predicted molar refractivity (Wildman–Crippen MR) is 219 cm³/mol. The minimum Gasteiger partial charge on any atom is -1.00 e. The van der Waals surface area contributed by atoms with Crippen molar-refractivity contribution in [3.05, 3.63) is 127 Å². The van der Waals surface area contributed by atoms with Crippen molar-refractivity contribution >= 4 is 28.7 Å². The van der Waals surface area contributed by atoms with E-state index in [2.05, 4.69) is 130 Å². The van der Waals surface area contributed by atoms with Crippen LogP contribution in [0.1, 0.15) is 58.1 Å². The Bertz CT molecular complexity index is 1910. The molecule has 2 heterocycles. The molecule has 0 unspecified atom stereocenters. The number of ether oxygens (including phenoxy) is 4. The summed E-state index contributed by atoms with van der Waals surface area (Å²) >= 11 is 7.24. The molecule has 2 aromatic rings. The molecule has 0 saturated carbocycles. The number of anilines is 1. The number of fused-ring (bicyclic) bond motifs is 2. The standard InChI is InChI=1S/C42H54ClN8O4.ClH/c1-41(2)34-12-5-7-14-36(34)50(22-26-54-30-28-52-24-20-46-48-44)38(41)18-16-32-10-9-11-33(40(32)43)17-19-39-42(3,4)35-13-6-8-15-37(35)51(39)23-27-55-31-29-53-25-21-47-49-45;/h5-8,12-19H,9-11,20-31H2,1-4H3;1H/q+1;/p-1. The molecule has 0 amide bonds. The van der Waals surface area contributed by atoms with Gasteiger partial charge in [-0.1, -0.05) is 84.2 Å². The van der Waals surface area contributed by atoms with E-state index in [0.717, 1.165) is 35.4 Å². The largest absolute Gasteiger partial charge is 1.00 e. The molecule has 0 radical (unpaired) electrons. The molecule has 2 aromatic carbocycles. The van der Waals surface area contributed by atoms with Gasteiger partial charge in [-0.25, -0.2) is 0 Å². The Hall–Kier alpha value is -4.09. The maximum Gasteiger partial charge on any atom is 0.209 e. The van der Waals surface area contributed by atoms with Crippen LogP contribution in [0.15, 0.2) is 105 Å². The third kappa shape index (κ3) is 11.1. The summed E-state index contributed by atoms with van der Waals surface area (Å²) in [6, 6.07) is 17.2. The molecule has 0 atom stereocenters. The van der Waals surface area contributed by atoms with Gasteiger partial charge < -0.3 is 36.3 Å². The van der Waals surface area contributed by atoms with Crippen molar-refractivity contribution in [2.45, 2.75) is 57.8 Å². The van der Waals surface area contributed by atoms with E-state index in [0.29, 0.717) is 79.0 Å². The Labute approximate surface area is 342 Å². The first-order chi connectivity index (χ1) is 26.7. The summed E-state index contributed by atoms with van der Waals surface area (Å²) in [5.74, 6) is 0. The molecule has 14 heteroatoms. The monoisotopic (exact) mass is 804 g/mol. The molecule has 0 saturated heterocycles. The summed E-state index contributed by atoms with van der Waals surface area (Å²) in [5.41, 5.74) is 26.1. The number of benzene rings is 2. The average Bonchev–Trinajstić information content (AvgIpc) is 3.53. The number of hydrogen-bond donors (Lipinski definition) is 0. The van der Waals surface area contributed by atoms with Gasteiger partial charge in [-0.15, -0.1) is 0 Å². The van der Waals surface area contributed by atoms with Crippen LogP contribution < -0.4 is 17.3 Å². The zero-order chi connectivity index (χ0) is 39.1. The van der Waals surface area contributed by atoms with Gasteiger partial charge in [-0.3, -0.25) is 0 Å². The van der Waals surface area contributed by atoms with Crippen LogP contribution in [-0.4, -0.2) is 89.3 Å². The molecule has 5 rings (SSSR count). The van der Waals surface area contributed by atoms with Gasteiger partial charge in [-0.05, 0) is 73.0 Å². The van der Waals surface area contributed by atoms with Gasteiger partial charge in [0.2, 0.25) is 5.69 Å². The highest BCUT2D eigenvalue weighted by atomic mass is 35.5. The number of allylic oxidation sites excluding steroid dienone is 8. The van der Waals surface area contributed by atoms with Crippen molar-refractivity contribution in [2.75, 3.05) is 83.9 Å². The highest BCUT2D eigenvalue weighted by Crippen LogP contribution is 2.48. The molecule has 0 fully saturated rings. The molecule has 0 N–H and O–H groups in total. The average molecular weight is 806 g/mol. The Kier molecular flexibility index (Phi) is 17.5. The number of nitrogens with zero attached hydrogens (tertiary/aromatic N) is 8. The summed E-state index contributed by atoms with van der Waals surface area (Å²) in [7, 11) is 0. The molecule has 2 aliphatic heterocycles. The van der Waals surface area contributed by atoms with Crippen LogP contribution in [-0.2, 0) is 29.8 Å². The summed E-state index contributed by atoms with van der Waals surface area (Å²) < 4.78 is 25.2. The van der Waals surface area contributed by atoms with Crippen LogP contribution in [0.5, 0.6) is 0 Å². The topological polar surface area (TPSA) is 141 Å². The second-order valence-corrected chi connectivity index (χ2v) is 15.0. The van der Waals surface area contributed by atoms with E-state index in [9.17, 15) is 0 Å². The van der Waals surface area contributed by atoms with E-state index in [-0.39, 0.29) is 23.2 Å². The molecule has 0 spiro atoms. The lowest BCUT2D eigenvalue weighted by Gasteiger charge is -2.27. The van der Waals surface area contributed by atoms with Crippen molar-refractivity contribution in [1.29, 1.82) is 0 Å². The van der Waals surface area contributed by atoms with E-state index in [4.69, 9.17) is 41.6 Å². The number of hydrogen-bond acceptors (Lipinski definition) is 7. The Morgan fingerprint density at radius 3 is 2.04 bits per heavy atom. The van der Waals surface area contributed by atoms with Gasteiger partial charge in [0.1, 0.15) is 6.61 Å². The second-order valence-electron chi connectivity index (χ2n) is 14.6. The summed E-state index contributed by atoms with van der Waals surface area (Å²) in [5, 5.41) is 7.81. The molecule has 0 aromatic heterocycles. The zero-order valence-corrected chi connectivity index (χ0v) is 34.5. The Balaban J connectivity index is 0.00000696. The molecule has 56 heavy (non-hydrogen) atoms. The van der Waals surface area contributed by atoms with Crippen molar-refractivity contribution in [3.63, 3.8) is 0 Å². The molecular formula is C42H54Cl2N8O4. The van der Waals surface area contributed by atoms with E-state index in [1.807, 2.05) is 0 Å². The van der Waals surface area contributed by atoms with Gasteiger partial charge in [0.25, 0.3) is 0 Å². The molecule has 12 nitrogen and oxygen atoms in total. The first-order valence-electron chi connectivity index (χ1n) is 19.1. The minimum atomic E-state index is -0.196. The maximum absolute atomic E-state index is 8.41. The molecule has 0 bridgehead atoms. The number of para-hydroxylation sites is 2. The highest BCUT2D eigenvalue weighted by Gasteiger charge is 2.44. The lowest BCUT2D eigenvalue weighted by atomic mass is 9.81. The van der Waals surface area contributed by atoms with Crippen molar-refractivity contribution < 1.29 is 35.9 Å². The Morgan fingerprint density at radius 2 is 1.36 bits per heavy atom. The third-order valence-corrected chi connectivity index (χ3v) is 10.9. The Morgan fingerprint density at radius 1 is 0.750 bits per heavy atom. The van der Waals surface area contributed by atoms with Gasteiger partial charge in [0, 0.05) is 69.0 Å². The van der Waals surface area contributed by atoms with Crippen LogP contribution in [0.2, 0.25) is 0 Å². The van der Waals surface area contributed by atoms with Crippen LogP contribution in [0.4, 0.5) is 11.4 Å². The highest BCUT2D eigenvalue weighted by molar-refractivity contribution is 6.32. The van der Waals surface area contributed by atoms with E-state index in [1.165, 1.54) is 33.9 Å². The predicted octanol–water partition coefficient (Wildman–Crippen LogP) is 6.59. The maximum atomic E-state index is 8.41. The fraction of sp³-hybridized carbons (Fsp3) is 0.500. The zero-order valence-electron chi connectivity index (χ0n) is 33.0. The first kappa shape index (κ1) is 44.6. The van der Waals surface area contributed by atoms with Gasteiger partial charge >= 0.3 is 0 Å². The van der Waals surface area contributed by atoms with Crippen LogP contribution in [0.25, 0.3) is 20.9 Å². The second kappa shape index (κ2) is 22.0. The van der Waals surface area contributed by atoms with Gasteiger partial charge in [0.15, 0.2) is 12.3 Å². The smallest absolute Gasteiger partial charge is 0.209 e. The van der Waals surface area contributed by atoms with Gasteiger partial charge in [-0.2, -0.15) is 4.58 Å². The first-order valence-corrected chi connectivity index (χ1v) is 19.5. The lowest BCUT2D eigenvalue weighted by Crippen LogP contribution is -3.00. The van der Waals surface area contributed by atoms with Crippen LogP contribution in [0, 0.1) is 0 Å². The number of azide groups is 2. The number of halogens is 2. The van der Waals surface area contributed by atoms with Crippen molar-refractivity contribution in [3.8, 4) is 0 Å². The van der Waals surface area contributed by atoms with E-state index >= 15 is 0 Å². The molecule has 1 aliphatic carbocycles. The molecule has 300 valence electrons. The molecule has 3 aliphatic rings. The fourth-order valence-electron chi connectivity index (χ4n) is 7.59. The minimum absolute atomic E-state index is 0. The van der Waals surface area contributed by atoms with Crippen molar-refractivity contribution in [1.82, 2.24) is 0 Å². The SMILES string of the molecule is CC1(C)C(/C=C/C2=C(Cl)C(=C/C=C3/N(CCOCCOCCN=[N+]=[N-])c4ccccc4C3(C)C)/CCC2)=[N+](CCOCCOCCN=[N+]=[N-])c2ccccc21.[Cl-]. The third-order valence-electron chi connectivity index (χ3n) is 10.4. The number of rotatable bonds is 21. The summed E-state index contributed by atoms with van der Waals surface area (Å²) in [6.07, 6.45) is 11.8. The molecular weight excluding hydrogens is 751 g/mol. The van der Waals surface area contributed by atoms with E-state index in [1.54, 1.807) is 0 Å². The fourth-order valence-corrected chi connectivity index (χ4v) is 7.90. The normalized spacial score (nSPS) is 18.3. The van der Waals surface area contributed by atoms with Gasteiger partial charge in [0.05, 0.1) is 51.7 Å². The summed E-state index contributed by atoms with van der Waals surface area (Å²) in [4.78, 5) is 7.85. The van der Waals surface area contributed by atoms with Crippen LogP contribution in [0.3, 0.4) is 0 Å². The summed E-state index contributed by atoms with van der Waals surface area (Å²) in [6.45, 7) is 14.9. The van der Waals surface area contributed by atoms with E-state index < -0.39 is 0 Å².